The molecule has 1 amide bonds. The van der Waals surface area contributed by atoms with Gasteiger partial charge in [-0.15, -0.1) is 0 Å². The second kappa shape index (κ2) is 5.50. The Labute approximate surface area is 123 Å². The van der Waals surface area contributed by atoms with Crippen molar-refractivity contribution >= 4 is 23.4 Å². The Kier molecular flexibility index (Phi) is 4.11. The number of anilines is 1. The van der Waals surface area contributed by atoms with Gasteiger partial charge in [0.15, 0.2) is 0 Å². The van der Waals surface area contributed by atoms with Gasteiger partial charge in [0.1, 0.15) is 17.5 Å². The summed E-state index contributed by atoms with van der Waals surface area (Å²) >= 11 is 5.97. The minimum atomic E-state index is -0.594. The largest absolute Gasteiger partial charge is 0.484 e. The maximum atomic E-state index is 12.3. The van der Waals surface area contributed by atoms with Crippen molar-refractivity contribution in [2.45, 2.75) is 32.5 Å². The van der Waals surface area contributed by atoms with E-state index in [0.29, 0.717) is 16.5 Å². The molecule has 1 heterocycles. The maximum Gasteiger partial charge on any atom is 0.415 e. The van der Waals surface area contributed by atoms with Crippen molar-refractivity contribution in [1.29, 1.82) is 0 Å². The molecular weight excluding hydrogens is 282 g/mol. The number of carbonyl (C=O) groups excluding carboxylic acids is 1. The van der Waals surface area contributed by atoms with Crippen LogP contribution >= 0.6 is 11.6 Å². The van der Waals surface area contributed by atoms with Crippen molar-refractivity contribution in [3.8, 4) is 5.75 Å². The van der Waals surface area contributed by atoms with E-state index in [-0.39, 0.29) is 13.2 Å². The third-order valence-corrected chi connectivity index (χ3v) is 2.94. The average Bonchev–Trinajstić information content (AvgIpc) is 2.35. The summed E-state index contributed by atoms with van der Waals surface area (Å²) in [5.41, 5.74) is -0.0421. The van der Waals surface area contributed by atoms with Crippen molar-refractivity contribution < 1.29 is 19.4 Å². The lowest BCUT2D eigenvalue weighted by Crippen LogP contribution is -2.47. The molecule has 0 aliphatic carbocycles. The molecule has 0 fully saturated rings. The fourth-order valence-electron chi connectivity index (χ4n) is 1.90. The van der Waals surface area contributed by atoms with Crippen molar-refractivity contribution in [3.05, 3.63) is 23.2 Å². The van der Waals surface area contributed by atoms with E-state index in [2.05, 4.69) is 0 Å². The summed E-state index contributed by atoms with van der Waals surface area (Å²) in [7, 11) is 0. The van der Waals surface area contributed by atoms with Gasteiger partial charge in [-0.05, 0) is 39.0 Å². The minimum absolute atomic E-state index is 0.179. The van der Waals surface area contributed by atoms with E-state index >= 15 is 0 Å². The van der Waals surface area contributed by atoms with Crippen molar-refractivity contribution in [1.82, 2.24) is 0 Å². The van der Waals surface area contributed by atoms with Crippen LogP contribution in [-0.4, -0.2) is 36.1 Å². The fourth-order valence-corrected chi connectivity index (χ4v) is 2.07. The summed E-state index contributed by atoms with van der Waals surface area (Å²) in [4.78, 5) is 13.7. The van der Waals surface area contributed by atoms with Crippen LogP contribution in [0.4, 0.5) is 10.5 Å². The summed E-state index contributed by atoms with van der Waals surface area (Å²) in [6.07, 6.45) is -0.959. The molecule has 2 rings (SSSR count). The summed E-state index contributed by atoms with van der Waals surface area (Å²) in [5, 5.41) is 9.78. The molecule has 0 saturated carbocycles. The molecule has 1 aliphatic rings. The average molecular weight is 300 g/mol. The van der Waals surface area contributed by atoms with Gasteiger partial charge in [-0.1, -0.05) is 11.6 Å². The number of rotatable bonds is 1. The predicted octanol–water partition coefficient (Wildman–Crippen LogP) is 2.83. The van der Waals surface area contributed by atoms with E-state index in [1.807, 2.05) is 0 Å². The molecule has 1 N–H and O–H groups in total. The Balaban J connectivity index is 2.32. The molecule has 1 aromatic carbocycles. The van der Waals surface area contributed by atoms with Gasteiger partial charge in [-0.2, -0.15) is 0 Å². The molecule has 5 nitrogen and oxygen atoms in total. The molecule has 1 atom stereocenters. The van der Waals surface area contributed by atoms with Gasteiger partial charge < -0.3 is 14.6 Å². The van der Waals surface area contributed by atoms with Crippen LogP contribution < -0.4 is 9.64 Å². The van der Waals surface area contributed by atoms with Gasteiger partial charge >= 0.3 is 6.09 Å². The van der Waals surface area contributed by atoms with Gasteiger partial charge in [0.05, 0.1) is 18.8 Å². The van der Waals surface area contributed by atoms with Crippen LogP contribution in [0.2, 0.25) is 5.02 Å². The number of benzene rings is 1. The first-order valence-corrected chi connectivity index (χ1v) is 6.75. The number of fused-ring (bicyclic) bond motifs is 1. The number of hydrogen-bond acceptors (Lipinski definition) is 4. The van der Waals surface area contributed by atoms with Gasteiger partial charge in [0.25, 0.3) is 0 Å². The molecule has 0 saturated heterocycles. The molecule has 110 valence electrons. The molecule has 0 radical (unpaired) electrons. The Morgan fingerprint density at radius 1 is 1.55 bits per heavy atom. The zero-order chi connectivity index (χ0) is 14.9. The molecule has 0 unspecified atom stereocenters. The number of nitrogens with zero attached hydrogens (tertiary/aromatic N) is 1. The van der Waals surface area contributed by atoms with Crippen molar-refractivity contribution in [3.63, 3.8) is 0 Å². The van der Waals surface area contributed by atoms with E-state index < -0.39 is 17.8 Å². The molecule has 0 aromatic heterocycles. The lowest BCUT2D eigenvalue weighted by Gasteiger charge is -2.35. The number of halogens is 1. The van der Waals surface area contributed by atoms with Gasteiger partial charge in [0, 0.05) is 5.02 Å². The normalized spacial score (nSPS) is 18.2. The van der Waals surface area contributed by atoms with Gasteiger partial charge in [-0.3, -0.25) is 4.90 Å². The van der Waals surface area contributed by atoms with Crippen LogP contribution in [0.15, 0.2) is 18.2 Å². The number of aliphatic hydroxyl groups is 1. The smallest absolute Gasteiger partial charge is 0.415 e. The van der Waals surface area contributed by atoms with E-state index in [4.69, 9.17) is 21.1 Å². The summed E-state index contributed by atoms with van der Waals surface area (Å²) in [6.45, 7) is 5.44. The topological polar surface area (TPSA) is 59.0 Å². The van der Waals surface area contributed by atoms with Crippen molar-refractivity contribution in [2.75, 3.05) is 18.1 Å². The van der Waals surface area contributed by atoms with Crippen LogP contribution in [0, 0.1) is 0 Å². The number of carbonyl (C=O) groups is 1. The van der Waals surface area contributed by atoms with E-state index in [1.54, 1.807) is 39.0 Å². The third-order valence-electron chi connectivity index (χ3n) is 2.71. The highest BCUT2D eigenvalue weighted by Gasteiger charge is 2.32. The highest BCUT2D eigenvalue weighted by Crippen LogP contribution is 2.36. The van der Waals surface area contributed by atoms with E-state index in [0.717, 1.165) is 0 Å². The van der Waals surface area contributed by atoms with Gasteiger partial charge in [-0.25, -0.2) is 4.79 Å². The summed E-state index contributed by atoms with van der Waals surface area (Å²) in [5.74, 6) is 0.505. The van der Waals surface area contributed by atoms with E-state index in [9.17, 15) is 9.90 Å². The Morgan fingerprint density at radius 2 is 2.25 bits per heavy atom. The first kappa shape index (κ1) is 14.9. The SMILES string of the molecule is CC(C)(C)OC(=O)N1C[C@@H](CO)Oc2ccc(Cl)cc21. The quantitative estimate of drug-likeness (QED) is 0.866. The van der Waals surface area contributed by atoms with Crippen LogP contribution in [0.5, 0.6) is 5.75 Å². The summed E-state index contributed by atoms with van der Waals surface area (Å²) < 4.78 is 11.0. The van der Waals surface area contributed by atoms with Crippen LogP contribution in [0.3, 0.4) is 0 Å². The van der Waals surface area contributed by atoms with Crippen molar-refractivity contribution in [2.24, 2.45) is 0 Å². The minimum Gasteiger partial charge on any atom is -0.484 e. The fraction of sp³-hybridized carbons (Fsp3) is 0.500. The lowest BCUT2D eigenvalue weighted by molar-refractivity contribution is 0.0519. The molecular formula is C14H18ClNO4. The number of amides is 1. The number of hydrogen-bond donors (Lipinski definition) is 1. The Bertz CT molecular complexity index is 512. The zero-order valence-corrected chi connectivity index (χ0v) is 12.5. The number of aliphatic hydroxyl groups excluding tert-OH is 1. The van der Waals surface area contributed by atoms with Crippen LogP contribution in [0.25, 0.3) is 0 Å². The third kappa shape index (κ3) is 3.35. The maximum absolute atomic E-state index is 12.3. The molecule has 1 aliphatic heterocycles. The highest BCUT2D eigenvalue weighted by molar-refractivity contribution is 6.31. The molecule has 1 aromatic rings. The lowest BCUT2D eigenvalue weighted by atomic mass is 10.2. The van der Waals surface area contributed by atoms with Crippen LogP contribution in [0.1, 0.15) is 20.8 Å². The van der Waals surface area contributed by atoms with Crippen LogP contribution in [-0.2, 0) is 4.74 Å². The van der Waals surface area contributed by atoms with E-state index in [1.165, 1.54) is 4.90 Å². The molecule has 20 heavy (non-hydrogen) atoms. The Morgan fingerprint density at radius 3 is 2.85 bits per heavy atom. The second-order valence-corrected chi connectivity index (χ2v) is 6.06. The monoisotopic (exact) mass is 299 g/mol. The highest BCUT2D eigenvalue weighted by atomic mass is 35.5. The number of ether oxygens (including phenoxy) is 2. The molecule has 0 bridgehead atoms. The van der Waals surface area contributed by atoms with Gasteiger partial charge in [0.2, 0.25) is 0 Å². The first-order valence-electron chi connectivity index (χ1n) is 6.38. The first-order chi connectivity index (χ1) is 9.30. The molecule has 6 heteroatoms. The second-order valence-electron chi connectivity index (χ2n) is 5.63. The predicted molar refractivity (Wildman–Crippen MR) is 76.5 cm³/mol. The Hall–Kier alpha value is -1.46. The standard InChI is InChI=1S/C14H18ClNO4/c1-14(2,3)20-13(18)16-7-10(8-17)19-12-5-4-9(15)6-11(12)16/h4-6,10,17H,7-8H2,1-3H3/t10-/m0/s1. The summed E-state index contributed by atoms with van der Waals surface area (Å²) in [6, 6.07) is 5.00. The zero-order valence-electron chi connectivity index (χ0n) is 11.7. The molecule has 0 spiro atoms.